The van der Waals surface area contributed by atoms with Crippen LogP contribution in [0.2, 0.25) is 0 Å². The predicted octanol–water partition coefficient (Wildman–Crippen LogP) is 2.20. The molecule has 5 nitrogen and oxygen atoms in total. The van der Waals surface area contributed by atoms with Gasteiger partial charge in [0.25, 0.3) is 0 Å². The number of hydrogen-bond acceptors (Lipinski definition) is 3. The molecule has 1 fully saturated rings. The standard InChI is InChI=1S/C18H32N4O/c1-13(2)12-22-15(4)17(14(3)21-22)10-18(23)20-9-7-16-6-5-8-19-11-16/h13,16,19H,5-12H2,1-4H3,(H,20,23). The SMILES string of the molecule is Cc1nn(CC(C)C)c(C)c1CC(=O)NCCC1CCCNC1. The molecular formula is C18H32N4O. The van der Waals surface area contributed by atoms with Crippen molar-refractivity contribution in [2.24, 2.45) is 11.8 Å². The Morgan fingerprint density at radius 3 is 2.87 bits per heavy atom. The van der Waals surface area contributed by atoms with Gasteiger partial charge in [-0.15, -0.1) is 0 Å². The number of carbonyl (C=O) groups is 1. The van der Waals surface area contributed by atoms with E-state index in [9.17, 15) is 4.79 Å². The minimum atomic E-state index is 0.115. The second-order valence-corrected chi connectivity index (χ2v) is 7.25. The van der Waals surface area contributed by atoms with Crippen LogP contribution in [-0.2, 0) is 17.8 Å². The first kappa shape index (κ1) is 18.0. The summed E-state index contributed by atoms with van der Waals surface area (Å²) in [5, 5.41) is 11.1. The molecule has 0 aromatic carbocycles. The van der Waals surface area contributed by atoms with Crippen LogP contribution in [0.5, 0.6) is 0 Å². The number of amides is 1. The summed E-state index contributed by atoms with van der Waals surface area (Å²) in [7, 11) is 0. The summed E-state index contributed by atoms with van der Waals surface area (Å²) in [6, 6.07) is 0. The van der Waals surface area contributed by atoms with Crippen molar-refractivity contribution in [3.8, 4) is 0 Å². The van der Waals surface area contributed by atoms with Crippen LogP contribution in [0.15, 0.2) is 0 Å². The Bertz CT molecular complexity index is 515. The maximum atomic E-state index is 12.2. The number of nitrogens with zero attached hydrogens (tertiary/aromatic N) is 2. The van der Waals surface area contributed by atoms with Gasteiger partial charge in [0.1, 0.15) is 0 Å². The lowest BCUT2D eigenvalue weighted by Crippen LogP contribution is -2.33. The van der Waals surface area contributed by atoms with Crippen molar-refractivity contribution in [1.82, 2.24) is 20.4 Å². The van der Waals surface area contributed by atoms with Crippen molar-refractivity contribution >= 4 is 5.91 Å². The zero-order valence-corrected chi connectivity index (χ0v) is 15.1. The summed E-state index contributed by atoms with van der Waals surface area (Å²) in [6.45, 7) is 12.4. The summed E-state index contributed by atoms with van der Waals surface area (Å²) < 4.78 is 2.04. The molecule has 1 saturated heterocycles. The van der Waals surface area contributed by atoms with E-state index in [2.05, 4.69) is 36.5 Å². The number of aromatic nitrogens is 2. The molecule has 0 saturated carbocycles. The van der Waals surface area contributed by atoms with Gasteiger partial charge >= 0.3 is 0 Å². The average Bonchev–Trinajstić information content (AvgIpc) is 2.75. The van der Waals surface area contributed by atoms with Crippen LogP contribution in [0.1, 0.15) is 50.1 Å². The molecule has 0 radical (unpaired) electrons. The van der Waals surface area contributed by atoms with Crippen LogP contribution < -0.4 is 10.6 Å². The van der Waals surface area contributed by atoms with Crippen LogP contribution in [0, 0.1) is 25.7 Å². The van der Waals surface area contributed by atoms with E-state index in [4.69, 9.17) is 0 Å². The molecular weight excluding hydrogens is 288 g/mol. The third kappa shape index (κ3) is 5.34. The predicted molar refractivity (Wildman–Crippen MR) is 93.5 cm³/mol. The highest BCUT2D eigenvalue weighted by Gasteiger charge is 2.16. The van der Waals surface area contributed by atoms with Gasteiger partial charge < -0.3 is 10.6 Å². The largest absolute Gasteiger partial charge is 0.356 e. The lowest BCUT2D eigenvalue weighted by molar-refractivity contribution is -0.120. The number of rotatable bonds is 7. The fraction of sp³-hybridized carbons (Fsp3) is 0.778. The first-order valence-corrected chi connectivity index (χ1v) is 8.97. The van der Waals surface area contributed by atoms with Crippen LogP contribution in [0.25, 0.3) is 0 Å². The summed E-state index contributed by atoms with van der Waals surface area (Å²) in [5.74, 6) is 1.38. The Balaban J connectivity index is 1.81. The minimum absolute atomic E-state index is 0.115. The normalized spacial score (nSPS) is 18.4. The highest BCUT2D eigenvalue weighted by atomic mass is 16.1. The fourth-order valence-corrected chi connectivity index (χ4v) is 3.32. The van der Waals surface area contributed by atoms with E-state index in [1.165, 1.54) is 12.8 Å². The molecule has 1 aliphatic heterocycles. The Hall–Kier alpha value is -1.36. The lowest BCUT2D eigenvalue weighted by atomic mass is 9.96. The van der Waals surface area contributed by atoms with Gasteiger partial charge in [-0.2, -0.15) is 5.10 Å². The van der Waals surface area contributed by atoms with Gasteiger partial charge in [0, 0.05) is 24.3 Å². The highest BCUT2D eigenvalue weighted by molar-refractivity contribution is 5.79. The zero-order chi connectivity index (χ0) is 16.8. The van der Waals surface area contributed by atoms with Crippen LogP contribution in [0.3, 0.4) is 0 Å². The second-order valence-electron chi connectivity index (χ2n) is 7.25. The van der Waals surface area contributed by atoms with Crippen molar-refractivity contribution in [2.45, 2.75) is 59.9 Å². The van der Waals surface area contributed by atoms with E-state index in [0.717, 1.165) is 49.6 Å². The quantitative estimate of drug-likeness (QED) is 0.810. The van der Waals surface area contributed by atoms with Gasteiger partial charge in [-0.25, -0.2) is 0 Å². The van der Waals surface area contributed by atoms with E-state index >= 15 is 0 Å². The van der Waals surface area contributed by atoms with Crippen molar-refractivity contribution in [3.63, 3.8) is 0 Å². The molecule has 2 N–H and O–H groups in total. The molecule has 23 heavy (non-hydrogen) atoms. The number of hydrogen-bond donors (Lipinski definition) is 2. The van der Waals surface area contributed by atoms with E-state index in [-0.39, 0.29) is 5.91 Å². The van der Waals surface area contributed by atoms with Crippen molar-refractivity contribution in [1.29, 1.82) is 0 Å². The van der Waals surface area contributed by atoms with Crippen molar-refractivity contribution in [3.05, 3.63) is 17.0 Å². The monoisotopic (exact) mass is 320 g/mol. The maximum Gasteiger partial charge on any atom is 0.224 e. The molecule has 0 aliphatic carbocycles. The fourth-order valence-electron chi connectivity index (χ4n) is 3.32. The Morgan fingerprint density at radius 1 is 1.43 bits per heavy atom. The molecule has 1 atom stereocenters. The van der Waals surface area contributed by atoms with Crippen LogP contribution in [0.4, 0.5) is 0 Å². The molecule has 1 aliphatic rings. The molecule has 1 amide bonds. The topological polar surface area (TPSA) is 59.0 Å². The first-order valence-electron chi connectivity index (χ1n) is 8.97. The highest BCUT2D eigenvalue weighted by Crippen LogP contribution is 2.16. The van der Waals surface area contributed by atoms with Gasteiger partial charge in [0.2, 0.25) is 5.91 Å². The van der Waals surface area contributed by atoms with E-state index in [0.29, 0.717) is 18.3 Å². The van der Waals surface area contributed by atoms with Gasteiger partial charge in [-0.1, -0.05) is 13.8 Å². The smallest absolute Gasteiger partial charge is 0.224 e. The molecule has 2 rings (SSSR count). The number of aryl methyl sites for hydroxylation is 1. The minimum Gasteiger partial charge on any atom is -0.356 e. The maximum absolute atomic E-state index is 12.2. The molecule has 0 spiro atoms. The molecule has 1 unspecified atom stereocenters. The van der Waals surface area contributed by atoms with E-state index in [1.54, 1.807) is 0 Å². The van der Waals surface area contributed by atoms with Gasteiger partial charge in [-0.05, 0) is 58.0 Å². The molecule has 5 heteroatoms. The molecule has 2 heterocycles. The number of carbonyl (C=O) groups excluding carboxylic acids is 1. The molecule has 130 valence electrons. The van der Waals surface area contributed by atoms with E-state index < -0.39 is 0 Å². The van der Waals surface area contributed by atoms with Crippen molar-refractivity contribution in [2.75, 3.05) is 19.6 Å². The van der Waals surface area contributed by atoms with Gasteiger partial charge in [-0.3, -0.25) is 9.48 Å². The van der Waals surface area contributed by atoms with Gasteiger partial charge in [0.15, 0.2) is 0 Å². The van der Waals surface area contributed by atoms with Crippen LogP contribution >= 0.6 is 0 Å². The molecule has 0 bridgehead atoms. The zero-order valence-electron chi connectivity index (χ0n) is 15.1. The number of nitrogens with one attached hydrogen (secondary N) is 2. The van der Waals surface area contributed by atoms with Gasteiger partial charge in [0.05, 0.1) is 12.1 Å². The second kappa shape index (κ2) is 8.48. The average molecular weight is 320 g/mol. The third-order valence-corrected chi connectivity index (χ3v) is 4.68. The Morgan fingerprint density at radius 2 is 2.22 bits per heavy atom. The number of piperidine rings is 1. The summed E-state index contributed by atoms with van der Waals surface area (Å²) in [6.07, 6.45) is 4.05. The van der Waals surface area contributed by atoms with Crippen LogP contribution in [-0.4, -0.2) is 35.3 Å². The lowest BCUT2D eigenvalue weighted by Gasteiger charge is -2.22. The summed E-state index contributed by atoms with van der Waals surface area (Å²) in [5.41, 5.74) is 3.19. The molecule has 1 aromatic heterocycles. The molecule has 1 aromatic rings. The summed E-state index contributed by atoms with van der Waals surface area (Å²) in [4.78, 5) is 12.2. The van der Waals surface area contributed by atoms with E-state index in [1.807, 2.05) is 11.6 Å². The van der Waals surface area contributed by atoms with Crippen molar-refractivity contribution < 1.29 is 4.79 Å². The summed E-state index contributed by atoms with van der Waals surface area (Å²) >= 11 is 0. The Labute approximate surface area is 140 Å². The third-order valence-electron chi connectivity index (χ3n) is 4.68. The Kier molecular flexibility index (Phi) is 6.63. The first-order chi connectivity index (χ1) is 11.0.